The van der Waals surface area contributed by atoms with Crippen LogP contribution in [-0.4, -0.2) is 35.7 Å². The summed E-state index contributed by atoms with van der Waals surface area (Å²) in [6.45, 7) is 11.5. The van der Waals surface area contributed by atoms with E-state index in [4.69, 9.17) is 14.2 Å². The van der Waals surface area contributed by atoms with Gasteiger partial charge in [-0.2, -0.15) is 0 Å². The molecule has 0 N–H and O–H groups in total. The van der Waals surface area contributed by atoms with Crippen LogP contribution in [0.1, 0.15) is 98.3 Å². The van der Waals surface area contributed by atoms with Crippen LogP contribution in [0.4, 0.5) is 0 Å². The molecule has 0 unspecified atom stereocenters. The number of carbonyl (C=O) groups excluding carboxylic acids is 3. The molecule has 8 fully saturated rings. The summed E-state index contributed by atoms with van der Waals surface area (Å²) in [4.78, 5) is 34.8. The average Bonchev–Trinajstić information content (AvgIpc) is 2.87. The molecule has 8 saturated carbocycles. The second-order valence-electron chi connectivity index (χ2n) is 13.9. The van der Waals surface area contributed by atoms with Gasteiger partial charge in [0.2, 0.25) is 0 Å². The monoisotopic (exact) mass is 528 g/mol. The highest BCUT2D eigenvalue weighted by Gasteiger charge is 2.61. The molecule has 8 bridgehead atoms. The fourth-order valence-corrected chi connectivity index (χ4v) is 10.2. The Morgan fingerprint density at radius 1 is 0.763 bits per heavy atom. The van der Waals surface area contributed by atoms with Crippen LogP contribution in [0.15, 0.2) is 12.7 Å². The minimum Gasteiger partial charge on any atom is -0.458 e. The molecule has 0 aromatic carbocycles. The topological polar surface area (TPSA) is 78.9 Å². The third-order valence-corrected chi connectivity index (χ3v) is 11.5. The van der Waals surface area contributed by atoms with E-state index in [9.17, 15) is 14.4 Å². The van der Waals surface area contributed by atoms with Crippen LogP contribution >= 0.6 is 0 Å². The standard InChI is InChI=1S/C16H22O4.C16H26O2/c1-3-14(17)19-9-15(18)20-16(2)12-5-10-4-11(7-12)8-13(16)6-10;1-4-15(17)18-16(10(2)3)13-6-11-5-12(8-13)9-14(16)7-11/h3,10-13H,1,4-9H2,2H3;10-14H,4-9H2,1-3H3. The van der Waals surface area contributed by atoms with E-state index in [-0.39, 0.29) is 23.8 Å². The Hall–Kier alpha value is -1.85. The van der Waals surface area contributed by atoms with Crippen LogP contribution in [0.3, 0.4) is 0 Å². The Morgan fingerprint density at radius 3 is 1.61 bits per heavy atom. The van der Waals surface area contributed by atoms with Crippen molar-refractivity contribution in [3.63, 3.8) is 0 Å². The Kier molecular flexibility index (Phi) is 7.74. The summed E-state index contributed by atoms with van der Waals surface area (Å²) in [7, 11) is 0. The first-order valence-electron chi connectivity index (χ1n) is 15.3. The number of rotatable bonds is 7. The van der Waals surface area contributed by atoms with Crippen molar-refractivity contribution < 1.29 is 28.6 Å². The van der Waals surface area contributed by atoms with Crippen LogP contribution in [0.25, 0.3) is 0 Å². The van der Waals surface area contributed by atoms with E-state index in [1.165, 1.54) is 64.2 Å². The fourth-order valence-electron chi connectivity index (χ4n) is 10.2. The molecule has 0 spiro atoms. The van der Waals surface area contributed by atoms with Gasteiger partial charge in [-0.15, -0.1) is 0 Å². The fraction of sp³-hybridized carbons (Fsp3) is 0.844. The number of esters is 3. The number of hydrogen-bond acceptors (Lipinski definition) is 6. The highest BCUT2D eigenvalue weighted by atomic mass is 16.6. The van der Waals surface area contributed by atoms with Crippen molar-refractivity contribution in [2.75, 3.05) is 6.61 Å². The van der Waals surface area contributed by atoms with Crippen LogP contribution in [0.5, 0.6) is 0 Å². The van der Waals surface area contributed by atoms with Gasteiger partial charge in [0.15, 0.2) is 6.61 Å². The second-order valence-corrected chi connectivity index (χ2v) is 13.9. The summed E-state index contributed by atoms with van der Waals surface area (Å²) in [5.74, 6) is 5.24. The van der Waals surface area contributed by atoms with E-state index in [1.807, 2.05) is 6.92 Å². The summed E-state index contributed by atoms with van der Waals surface area (Å²) in [5.41, 5.74) is -0.481. The molecule has 0 aliphatic heterocycles. The van der Waals surface area contributed by atoms with Crippen molar-refractivity contribution in [1.29, 1.82) is 0 Å². The normalized spacial score (nSPS) is 43.3. The lowest BCUT2D eigenvalue weighted by molar-refractivity contribution is -0.224. The molecule has 6 nitrogen and oxygen atoms in total. The van der Waals surface area contributed by atoms with E-state index in [0.29, 0.717) is 36.0 Å². The third kappa shape index (κ3) is 4.94. The van der Waals surface area contributed by atoms with Gasteiger partial charge in [-0.05, 0) is 124 Å². The summed E-state index contributed by atoms with van der Waals surface area (Å²) in [5, 5.41) is 0. The number of hydrogen-bond donors (Lipinski definition) is 0. The summed E-state index contributed by atoms with van der Waals surface area (Å²) in [6, 6.07) is 0. The molecule has 0 amide bonds. The summed E-state index contributed by atoms with van der Waals surface area (Å²) < 4.78 is 16.6. The maximum absolute atomic E-state index is 11.9. The van der Waals surface area contributed by atoms with Crippen LogP contribution < -0.4 is 0 Å². The highest BCUT2D eigenvalue weighted by molar-refractivity contribution is 5.83. The molecule has 0 atom stereocenters. The molecule has 212 valence electrons. The van der Waals surface area contributed by atoms with Crippen molar-refractivity contribution in [2.24, 2.45) is 53.3 Å². The predicted octanol–water partition coefficient (Wildman–Crippen LogP) is 6.26. The zero-order valence-corrected chi connectivity index (χ0v) is 23.9. The molecule has 0 saturated heterocycles. The average molecular weight is 529 g/mol. The molecule has 8 aliphatic rings. The molecule has 8 rings (SSSR count). The molecule has 0 heterocycles. The summed E-state index contributed by atoms with van der Waals surface area (Å²) in [6.07, 6.45) is 14.4. The lowest BCUT2D eigenvalue weighted by Crippen LogP contribution is -2.62. The summed E-state index contributed by atoms with van der Waals surface area (Å²) >= 11 is 0. The minimum absolute atomic E-state index is 0.0103. The first kappa shape index (κ1) is 27.7. The maximum atomic E-state index is 11.9. The molecule has 8 aliphatic carbocycles. The molecule has 0 aromatic rings. The van der Waals surface area contributed by atoms with Gasteiger partial charge in [-0.25, -0.2) is 9.59 Å². The second kappa shape index (κ2) is 10.6. The van der Waals surface area contributed by atoms with Gasteiger partial charge in [-0.3, -0.25) is 4.79 Å². The molecule has 0 radical (unpaired) electrons. The molecule has 0 aromatic heterocycles. The Labute approximate surface area is 228 Å². The van der Waals surface area contributed by atoms with Crippen molar-refractivity contribution in [2.45, 2.75) is 110 Å². The SMILES string of the molecule is C=CC(=O)OCC(=O)OC1(C)C2CC3CC(C2)CC1C3.CCC(=O)OC1(C(C)C)C2CC3CC(C2)CC1C3. The van der Waals surface area contributed by atoms with Gasteiger partial charge in [0.1, 0.15) is 11.2 Å². The van der Waals surface area contributed by atoms with Crippen LogP contribution in [0, 0.1) is 53.3 Å². The molecular weight excluding hydrogens is 480 g/mol. The van der Waals surface area contributed by atoms with Gasteiger partial charge < -0.3 is 14.2 Å². The lowest BCUT2D eigenvalue weighted by atomic mass is 9.47. The van der Waals surface area contributed by atoms with E-state index in [1.54, 1.807) is 0 Å². The smallest absolute Gasteiger partial charge is 0.344 e. The number of carbonyl (C=O) groups is 3. The largest absolute Gasteiger partial charge is 0.458 e. The quantitative estimate of drug-likeness (QED) is 0.220. The first-order chi connectivity index (χ1) is 18.1. The highest BCUT2D eigenvalue weighted by Crippen LogP contribution is 2.62. The van der Waals surface area contributed by atoms with E-state index in [0.717, 1.165) is 29.7 Å². The van der Waals surface area contributed by atoms with Gasteiger partial charge in [0.05, 0.1) is 0 Å². The third-order valence-electron chi connectivity index (χ3n) is 11.5. The van der Waals surface area contributed by atoms with Gasteiger partial charge in [0, 0.05) is 12.5 Å². The molecule has 6 heteroatoms. The Bertz CT molecular complexity index is 878. The van der Waals surface area contributed by atoms with Gasteiger partial charge in [0.25, 0.3) is 0 Å². The van der Waals surface area contributed by atoms with Crippen molar-refractivity contribution in [3.05, 3.63) is 12.7 Å². The Balaban J connectivity index is 0.000000156. The maximum Gasteiger partial charge on any atom is 0.344 e. The Morgan fingerprint density at radius 2 is 1.21 bits per heavy atom. The number of ether oxygens (including phenoxy) is 3. The van der Waals surface area contributed by atoms with Crippen molar-refractivity contribution in [1.82, 2.24) is 0 Å². The van der Waals surface area contributed by atoms with Crippen LogP contribution in [-0.2, 0) is 28.6 Å². The van der Waals surface area contributed by atoms with Gasteiger partial charge in [-0.1, -0.05) is 27.4 Å². The van der Waals surface area contributed by atoms with E-state index in [2.05, 4.69) is 27.4 Å². The molecule has 38 heavy (non-hydrogen) atoms. The first-order valence-corrected chi connectivity index (χ1v) is 15.3. The van der Waals surface area contributed by atoms with Crippen molar-refractivity contribution in [3.8, 4) is 0 Å². The predicted molar refractivity (Wildman–Crippen MR) is 144 cm³/mol. The van der Waals surface area contributed by atoms with E-state index >= 15 is 0 Å². The zero-order valence-electron chi connectivity index (χ0n) is 23.9. The van der Waals surface area contributed by atoms with E-state index < -0.39 is 11.9 Å². The van der Waals surface area contributed by atoms with Crippen LogP contribution in [0.2, 0.25) is 0 Å². The zero-order chi connectivity index (χ0) is 27.2. The van der Waals surface area contributed by atoms with Crippen molar-refractivity contribution >= 4 is 17.9 Å². The van der Waals surface area contributed by atoms with Gasteiger partial charge >= 0.3 is 17.9 Å². The molecular formula is C32H48O6. The minimum atomic E-state index is -0.586. The lowest BCUT2D eigenvalue weighted by Gasteiger charge is -2.61.